The quantitative estimate of drug-likeness (QED) is 0.406. The standard InChI is InChI=1S/C26H27N5O3/c1-34-21-9-5-4-8-19(21)25(32)28-14-16-10-12-18(13-11-16)31-15-20(17-6-2-3-7-17)22-23(31)24(27)29-30-26(22)33/h4-5,8-13,15,17H,2-3,6-7,14H2,1H3,(H2,27,29)(H,28,32)(H,30,33). The summed E-state index contributed by atoms with van der Waals surface area (Å²) in [5, 5.41) is 10.1. The van der Waals surface area contributed by atoms with E-state index in [0.717, 1.165) is 29.7 Å². The average molecular weight is 458 g/mol. The van der Waals surface area contributed by atoms with Crippen LogP contribution in [0.3, 0.4) is 0 Å². The molecule has 5 rings (SSSR count). The average Bonchev–Trinajstić information content (AvgIpc) is 3.54. The topological polar surface area (TPSA) is 115 Å². The number of nitrogens with two attached hydrogens (primary N) is 1. The Balaban J connectivity index is 1.41. The molecule has 0 spiro atoms. The third-order valence-corrected chi connectivity index (χ3v) is 6.60. The van der Waals surface area contributed by atoms with E-state index in [0.29, 0.717) is 40.5 Å². The Bertz CT molecular complexity index is 1400. The number of aromatic nitrogens is 3. The van der Waals surface area contributed by atoms with Crippen LogP contribution in [0, 0.1) is 0 Å². The number of carbonyl (C=O) groups excluding carboxylic acids is 1. The highest BCUT2D eigenvalue weighted by Gasteiger charge is 2.25. The molecule has 0 bridgehead atoms. The number of nitrogen functional groups attached to an aromatic ring is 1. The molecule has 1 saturated carbocycles. The van der Waals surface area contributed by atoms with Crippen molar-refractivity contribution < 1.29 is 9.53 Å². The normalized spacial score (nSPS) is 13.9. The van der Waals surface area contributed by atoms with Gasteiger partial charge in [-0.15, -0.1) is 0 Å². The molecule has 8 nitrogen and oxygen atoms in total. The summed E-state index contributed by atoms with van der Waals surface area (Å²) in [4.78, 5) is 25.3. The first-order valence-electron chi connectivity index (χ1n) is 11.5. The number of methoxy groups -OCH3 is 1. The molecule has 1 fully saturated rings. The molecule has 174 valence electrons. The molecular weight excluding hydrogens is 430 g/mol. The minimum atomic E-state index is -0.208. The number of carbonyl (C=O) groups is 1. The number of nitrogens with one attached hydrogen (secondary N) is 2. The number of benzene rings is 2. The molecule has 1 aliphatic rings. The molecule has 0 aliphatic heterocycles. The molecule has 1 amide bonds. The molecule has 8 heteroatoms. The predicted molar refractivity (Wildman–Crippen MR) is 131 cm³/mol. The van der Waals surface area contributed by atoms with Crippen LogP contribution in [0.2, 0.25) is 0 Å². The van der Waals surface area contributed by atoms with Gasteiger partial charge in [-0.05, 0) is 54.2 Å². The van der Waals surface area contributed by atoms with E-state index in [2.05, 4.69) is 15.5 Å². The number of amides is 1. The van der Waals surface area contributed by atoms with Crippen molar-refractivity contribution in [1.82, 2.24) is 20.1 Å². The first kappa shape index (κ1) is 21.8. The van der Waals surface area contributed by atoms with Crippen LogP contribution in [0.1, 0.15) is 53.1 Å². The molecule has 1 aliphatic carbocycles. The maximum atomic E-state index is 12.7. The van der Waals surface area contributed by atoms with Gasteiger partial charge in [0.1, 0.15) is 11.3 Å². The fourth-order valence-corrected chi connectivity index (χ4v) is 4.87. The molecule has 4 N–H and O–H groups in total. The highest BCUT2D eigenvalue weighted by atomic mass is 16.5. The summed E-state index contributed by atoms with van der Waals surface area (Å²) in [6.07, 6.45) is 6.53. The third-order valence-electron chi connectivity index (χ3n) is 6.60. The smallest absolute Gasteiger partial charge is 0.274 e. The Morgan fingerprint density at radius 1 is 1.18 bits per heavy atom. The fourth-order valence-electron chi connectivity index (χ4n) is 4.87. The van der Waals surface area contributed by atoms with Crippen LogP contribution < -0.4 is 21.3 Å². The molecule has 0 atom stereocenters. The first-order chi connectivity index (χ1) is 16.6. The third kappa shape index (κ3) is 3.91. The molecule has 4 aromatic rings. The van der Waals surface area contributed by atoms with Gasteiger partial charge < -0.3 is 20.4 Å². The number of fused-ring (bicyclic) bond motifs is 1. The van der Waals surface area contributed by atoms with Crippen molar-refractivity contribution in [3.05, 3.63) is 81.8 Å². The molecule has 0 unspecified atom stereocenters. The van der Waals surface area contributed by atoms with Crippen molar-refractivity contribution in [2.45, 2.75) is 38.1 Å². The van der Waals surface area contributed by atoms with Crippen LogP contribution in [0.4, 0.5) is 5.82 Å². The number of hydrogen-bond donors (Lipinski definition) is 3. The summed E-state index contributed by atoms with van der Waals surface area (Å²) >= 11 is 0. The summed E-state index contributed by atoms with van der Waals surface area (Å²) in [5.74, 6) is 0.995. The monoisotopic (exact) mass is 457 g/mol. The zero-order valence-corrected chi connectivity index (χ0v) is 19.0. The van der Waals surface area contributed by atoms with Gasteiger partial charge >= 0.3 is 0 Å². The lowest BCUT2D eigenvalue weighted by Crippen LogP contribution is -2.23. The lowest BCUT2D eigenvalue weighted by Gasteiger charge is -2.10. The van der Waals surface area contributed by atoms with Crippen LogP contribution in [0.5, 0.6) is 5.75 Å². The van der Waals surface area contributed by atoms with Crippen LogP contribution in [0.15, 0.2) is 59.5 Å². The van der Waals surface area contributed by atoms with Crippen molar-refractivity contribution in [2.24, 2.45) is 0 Å². The summed E-state index contributed by atoms with van der Waals surface area (Å²) < 4.78 is 7.23. The van der Waals surface area contributed by atoms with Crippen molar-refractivity contribution in [1.29, 1.82) is 0 Å². The van der Waals surface area contributed by atoms with E-state index < -0.39 is 0 Å². The second-order valence-corrected chi connectivity index (χ2v) is 8.65. The fraction of sp³-hybridized carbons (Fsp3) is 0.269. The molecule has 2 heterocycles. The number of hydrogen-bond acceptors (Lipinski definition) is 5. The van der Waals surface area contributed by atoms with Gasteiger partial charge in [0.05, 0.1) is 18.1 Å². The summed E-state index contributed by atoms with van der Waals surface area (Å²) in [6.45, 7) is 0.375. The zero-order chi connectivity index (χ0) is 23.7. The maximum absolute atomic E-state index is 12.7. The largest absolute Gasteiger partial charge is 0.496 e. The molecule has 2 aromatic heterocycles. The van der Waals surface area contributed by atoms with E-state index in [4.69, 9.17) is 10.5 Å². The second kappa shape index (κ2) is 9.05. The zero-order valence-electron chi connectivity index (χ0n) is 19.0. The number of rotatable bonds is 6. The number of para-hydroxylation sites is 1. The van der Waals surface area contributed by atoms with Gasteiger partial charge in [0.2, 0.25) is 0 Å². The highest BCUT2D eigenvalue weighted by molar-refractivity contribution is 5.97. The van der Waals surface area contributed by atoms with Crippen molar-refractivity contribution in [3.63, 3.8) is 0 Å². The van der Waals surface area contributed by atoms with Crippen LogP contribution >= 0.6 is 0 Å². The minimum absolute atomic E-state index is 0.197. The number of aromatic amines is 1. The molecule has 0 radical (unpaired) electrons. The van der Waals surface area contributed by atoms with Gasteiger partial charge in [-0.3, -0.25) is 9.59 Å². The van der Waals surface area contributed by atoms with E-state index in [-0.39, 0.29) is 11.5 Å². The summed E-state index contributed by atoms with van der Waals surface area (Å²) in [5.41, 5.74) is 10.0. The van der Waals surface area contributed by atoms with Gasteiger partial charge in [0.15, 0.2) is 5.82 Å². The first-order valence-corrected chi connectivity index (χ1v) is 11.5. The van der Waals surface area contributed by atoms with Gasteiger partial charge in [-0.2, -0.15) is 5.10 Å². The number of ether oxygens (including phenoxy) is 1. The van der Waals surface area contributed by atoms with E-state index in [1.54, 1.807) is 25.3 Å². The lowest BCUT2D eigenvalue weighted by molar-refractivity contribution is 0.0948. The number of nitrogens with zero attached hydrogens (tertiary/aromatic N) is 2. The van der Waals surface area contributed by atoms with Gasteiger partial charge in [0, 0.05) is 18.4 Å². The van der Waals surface area contributed by atoms with Crippen molar-refractivity contribution in [2.75, 3.05) is 12.8 Å². The van der Waals surface area contributed by atoms with Crippen molar-refractivity contribution in [3.8, 4) is 11.4 Å². The molecule has 2 aromatic carbocycles. The summed E-state index contributed by atoms with van der Waals surface area (Å²) in [7, 11) is 1.55. The second-order valence-electron chi connectivity index (χ2n) is 8.65. The number of anilines is 1. The Labute approximate surface area is 196 Å². The van der Waals surface area contributed by atoms with E-state index in [9.17, 15) is 9.59 Å². The molecule has 34 heavy (non-hydrogen) atoms. The van der Waals surface area contributed by atoms with Crippen LogP contribution in [-0.2, 0) is 6.54 Å². The van der Waals surface area contributed by atoms with E-state index in [1.165, 1.54) is 12.8 Å². The SMILES string of the molecule is COc1ccccc1C(=O)NCc1ccc(-n2cc(C3CCCC3)c3c(=O)[nH]nc(N)c32)cc1. The van der Waals surface area contributed by atoms with E-state index in [1.807, 2.05) is 41.1 Å². The van der Waals surface area contributed by atoms with Crippen LogP contribution in [-0.4, -0.2) is 27.8 Å². The van der Waals surface area contributed by atoms with Gasteiger partial charge in [0.25, 0.3) is 11.5 Å². The predicted octanol–water partition coefficient (Wildman–Crippen LogP) is 3.89. The maximum Gasteiger partial charge on any atom is 0.274 e. The Morgan fingerprint density at radius 2 is 1.91 bits per heavy atom. The minimum Gasteiger partial charge on any atom is -0.496 e. The van der Waals surface area contributed by atoms with Gasteiger partial charge in [-0.25, -0.2) is 5.10 Å². The lowest BCUT2D eigenvalue weighted by atomic mass is 9.98. The molecule has 0 saturated heterocycles. The van der Waals surface area contributed by atoms with Gasteiger partial charge in [-0.1, -0.05) is 37.1 Å². The highest BCUT2D eigenvalue weighted by Crippen LogP contribution is 2.39. The molecular formula is C26H27N5O3. The Hall–Kier alpha value is -4.07. The Morgan fingerprint density at radius 3 is 2.65 bits per heavy atom. The Kier molecular flexibility index (Phi) is 5.79. The van der Waals surface area contributed by atoms with Crippen LogP contribution in [0.25, 0.3) is 16.6 Å². The van der Waals surface area contributed by atoms with Crippen molar-refractivity contribution >= 4 is 22.6 Å². The summed E-state index contributed by atoms with van der Waals surface area (Å²) in [6, 6.07) is 15.0. The van der Waals surface area contributed by atoms with E-state index >= 15 is 0 Å². The number of H-pyrrole nitrogens is 1.